The average molecular weight is 432 g/mol. The first-order valence-corrected chi connectivity index (χ1v) is 8.31. The summed E-state index contributed by atoms with van der Waals surface area (Å²) in [5.41, 5.74) is 4.86. The van der Waals surface area contributed by atoms with Gasteiger partial charge in [-0.2, -0.15) is 0 Å². The minimum Gasteiger partial charge on any atom is -0.0764 e. The summed E-state index contributed by atoms with van der Waals surface area (Å²) in [5.74, 6) is 0. The summed E-state index contributed by atoms with van der Waals surface area (Å²) in [6, 6.07) is 32.4. The monoisotopic (exact) mass is 433 g/mol. The zero-order valence-corrected chi connectivity index (χ0v) is 16.8. The summed E-state index contributed by atoms with van der Waals surface area (Å²) < 4.78 is 0. The van der Waals surface area contributed by atoms with E-state index in [1.54, 1.807) is 0 Å². The molecule has 1 aliphatic rings. The summed E-state index contributed by atoms with van der Waals surface area (Å²) >= 11 is 0. The quantitative estimate of drug-likeness (QED) is 0.347. The van der Waals surface area contributed by atoms with Gasteiger partial charge in [0.25, 0.3) is 0 Å². The third kappa shape index (κ3) is 3.11. The fourth-order valence-electron chi connectivity index (χ4n) is 3.69. The Kier molecular flexibility index (Phi) is 5.59. The van der Waals surface area contributed by atoms with Gasteiger partial charge in [-0.25, -0.2) is 0 Å². The molecule has 1 aliphatic carbocycles. The van der Waals surface area contributed by atoms with E-state index in [2.05, 4.69) is 116 Å². The molecule has 4 rings (SSSR count). The Bertz CT molecular complexity index is 779. The average Bonchev–Trinajstić information content (AvgIpc) is 3.20. The topological polar surface area (TPSA) is 0 Å². The van der Waals surface area contributed by atoms with E-state index < -0.39 is 0 Å². The van der Waals surface area contributed by atoms with Gasteiger partial charge in [0.2, 0.25) is 0 Å². The molecule has 25 heavy (non-hydrogen) atoms. The Morgan fingerprint density at radius 1 is 0.520 bits per heavy atom. The molecule has 3 aromatic rings. The van der Waals surface area contributed by atoms with E-state index in [1.165, 1.54) is 22.3 Å². The maximum atomic E-state index is 2.23. The third-order valence-electron chi connectivity index (χ3n) is 4.72. The van der Waals surface area contributed by atoms with Crippen LogP contribution in [0.25, 0.3) is 0 Å². The molecule has 0 saturated carbocycles. The maximum absolute atomic E-state index is 2.23. The van der Waals surface area contributed by atoms with Crippen molar-refractivity contribution in [1.29, 1.82) is 0 Å². The van der Waals surface area contributed by atoms with Crippen molar-refractivity contribution in [3.63, 3.8) is 0 Å². The van der Waals surface area contributed by atoms with E-state index >= 15 is 0 Å². The molecule has 0 aromatic heterocycles. The molecule has 0 unspecified atom stereocenters. The number of hydrogen-bond acceptors (Lipinski definition) is 0. The number of hydrogen-bond donors (Lipinski definition) is 0. The molecule has 0 aliphatic heterocycles. The fraction of sp³-hybridized carbons (Fsp3) is 0.0417. The molecule has 1 heteroatoms. The van der Waals surface area contributed by atoms with E-state index in [1.807, 2.05) is 0 Å². The van der Waals surface area contributed by atoms with Crippen LogP contribution in [0.1, 0.15) is 21.0 Å². The van der Waals surface area contributed by atoms with Gasteiger partial charge in [-0.1, -0.05) is 109 Å². The van der Waals surface area contributed by atoms with Gasteiger partial charge in [-0.15, -0.1) is 0 Å². The summed E-state index contributed by atoms with van der Waals surface area (Å²) in [7, 11) is 0. The van der Waals surface area contributed by atoms with Gasteiger partial charge < -0.3 is 0 Å². The van der Waals surface area contributed by atoms with E-state index in [-0.39, 0.29) is 33.6 Å². The van der Waals surface area contributed by atoms with Crippen molar-refractivity contribution in [3.8, 4) is 0 Å². The summed E-state index contributed by atoms with van der Waals surface area (Å²) in [6.07, 6.45) is 8.71. The minimum absolute atomic E-state index is 0. The SMILES string of the molecule is [CH]1C=CC=C1C(c1ccccc1)(c1ccccc1)c1ccccc1.[HH].[HH].[HH].[Sn]. The van der Waals surface area contributed by atoms with E-state index in [9.17, 15) is 0 Å². The van der Waals surface area contributed by atoms with E-state index in [4.69, 9.17) is 0 Å². The van der Waals surface area contributed by atoms with Crippen LogP contribution in [-0.4, -0.2) is 23.9 Å². The molecule has 0 atom stereocenters. The van der Waals surface area contributed by atoms with Crippen molar-refractivity contribution < 1.29 is 4.28 Å². The molecule has 0 fully saturated rings. The van der Waals surface area contributed by atoms with Crippen molar-refractivity contribution >= 4 is 23.9 Å². The molecule has 0 saturated heterocycles. The van der Waals surface area contributed by atoms with Gasteiger partial charge >= 0.3 is 0 Å². The molecule has 0 nitrogen and oxygen atoms in total. The third-order valence-corrected chi connectivity index (χ3v) is 4.72. The predicted molar refractivity (Wildman–Crippen MR) is 113 cm³/mol. The van der Waals surface area contributed by atoms with Crippen molar-refractivity contribution in [1.82, 2.24) is 0 Å². The van der Waals surface area contributed by atoms with Crippen LogP contribution in [0.4, 0.5) is 0 Å². The Morgan fingerprint density at radius 3 is 1.24 bits per heavy atom. The number of rotatable bonds is 4. The zero-order chi connectivity index (χ0) is 16.2. The molecule has 0 bridgehead atoms. The Morgan fingerprint density at radius 2 is 0.920 bits per heavy atom. The van der Waals surface area contributed by atoms with Crippen LogP contribution in [0, 0.1) is 6.42 Å². The molecule has 0 N–H and O–H groups in total. The second-order valence-electron chi connectivity index (χ2n) is 6.02. The fourth-order valence-corrected chi connectivity index (χ4v) is 3.69. The van der Waals surface area contributed by atoms with Crippen LogP contribution in [0.15, 0.2) is 115 Å². The Balaban J connectivity index is 0.00000182. The number of benzene rings is 3. The van der Waals surface area contributed by atoms with Crippen molar-refractivity contribution in [2.45, 2.75) is 5.41 Å². The van der Waals surface area contributed by atoms with Crippen molar-refractivity contribution in [3.05, 3.63) is 138 Å². The van der Waals surface area contributed by atoms with Crippen LogP contribution < -0.4 is 0 Å². The van der Waals surface area contributed by atoms with Crippen LogP contribution in [0.5, 0.6) is 0 Å². The summed E-state index contributed by atoms with van der Waals surface area (Å²) in [4.78, 5) is 0. The van der Waals surface area contributed by atoms with Crippen LogP contribution in [0.3, 0.4) is 0 Å². The summed E-state index contributed by atoms with van der Waals surface area (Å²) in [6.45, 7) is 0. The van der Waals surface area contributed by atoms with Gasteiger partial charge in [0.1, 0.15) is 0 Å². The van der Waals surface area contributed by atoms with Gasteiger partial charge in [0.15, 0.2) is 0 Å². The maximum Gasteiger partial charge on any atom is 0.0670 e. The van der Waals surface area contributed by atoms with E-state index in [0.717, 1.165) is 0 Å². The Labute approximate surface area is 171 Å². The molecule has 0 spiro atoms. The second kappa shape index (κ2) is 7.88. The molecule has 125 valence electrons. The number of allylic oxidation sites excluding steroid dienone is 4. The predicted octanol–water partition coefficient (Wildman–Crippen LogP) is 6.08. The standard InChI is InChI=1S/C24H19.Sn.3H2/c1-4-12-20(13-5-1)24(23-18-10-11-19-23,21-14-6-2-7-15-21)22-16-8-3-9-17-22;;;;/h1-19H;;3*1H. The smallest absolute Gasteiger partial charge is 0.0670 e. The zero-order valence-electron chi connectivity index (χ0n) is 14.0. The van der Waals surface area contributed by atoms with Gasteiger partial charge in [0.05, 0.1) is 5.41 Å². The van der Waals surface area contributed by atoms with Gasteiger partial charge in [-0.3, -0.25) is 0 Å². The molecular formula is C24H25Sn. The second-order valence-corrected chi connectivity index (χ2v) is 6.02. The van der Waals surface area contributed by atoms with Crippen LogP contribution >= 0.6 is 0 Å². The van der Waals surface area contributed by atoms with Crippen LogP contribution in [-0.2, 0) is 5.41 Å². The van der Waals surface area contributed by atoms with Gasteiger partial charge in [-0.05, 0) is 22.3 Å². The largest absolute Gasteiger partial charge is 0.0764 e. The van der Waals surface area contributed by atoms with Gasteiger partial charge in [0, 0.05) is 34.6 Å². The van der Waals surface area contributed by atoms with E-state index in [0.29, 0.717) is 0 Å². The molecule has 0 heterocycles. The molecule has 0 amide bonds. The first-order chi connectivity index (χ1) is 11.9. The first kappa shape index (κ1) is 17.8. The van der Waals surface area contributed by atoms with Crippen molar-refractivity contribution in [2.24, 2.45) is 0 Å². The Hall–Kier alpha value is -2.06. The molecular weight excluding hydrogens is 407 g/mol. The normalized spacial score (nSPS) is 13.2. The van der Waals surface area contributed by atoms with Crippen LogP contribution in [0.2, 0.25) is 0 Å². The summed E-state index contributed by atoms with van der Waals surface area (Å²) in [5, 5.41) is 0. The first-order valence-electron chi connectivity index (χ1n) is 8.31. The van der Waals surface area contributed by atoms with Crippen molar-refractivity contribution in [2.75, 3.05) is 0 Å². The molecule has 3 aromatic carbocycles. The minimum atomic E-state index is -0.298. The molecule has 5 radical (unpaired) electrons.